The maximum absolute atomic E-state index is 6.33. The van der Waals surface area contributed by atoms with Crippen molar-refractivity contribution in [3.05, 3.63) is 169 Å². The van der Waals surface area contributed by atoms with Gasteiger partial charge in [-0.3, -0.25) is 0 Å². The van der Waals surface area contributed by atoms with E-state index in [9.17, 15) is 0 Å². The van der Waals surface area contributed by atoms with Gasteiger partial charge in [0.1, 0.15) is 11.2 Å². The van der Waals surface area contributed by atoms with Gasteiger partial charge >= 0.3 is 0 Å². The van der Waals surface area contributed by atoms with Crippen molar-refractivity contribution in [3.63, 3.8) is 0 Å². The van der Waals surface area contributed by atoms with Crippen LogP contribution in [0.15, 0.2) is 168 Å². The fourth-order valence-corrected chi connectivity index (χ4v) is 6.06. The van der Waals surface area contributed by atoms with Crippen LogP contribution in [0.5, 0.6) is 0 Å². The number of aromatic nitrogens is 3. The van der Waals surface area contributed by atoms with Gasteiger partial charge in [0.05, 0.1) is 0 Å². The Morgan fingerprint density at radius 1 is 0.438 bits per heavy atom. The summed E-state index contributed by atoms with van der Waals surface area (Å²) in [7, 11) is 0. The Kier molecular flexibility index (Phi) is 7.73. The lowest BCUT2D eigenvalue weighted by Gasteiger charge is -2.12. The predicted octanol–water partition coefficient (Wildman–Crippen LogP) is 11.7. The highest BCUT2D eigenvalue weighted by Gasteiger charge is 2.16. The first-order chi connectivity index (χ1) is 23.7. The van der Waals surface area contributed by atoms with Gasteiger partial charge in [-0.2, -0.15) is 0 Å². The van der Waals surface area contributed by atoms with E-state index >= 15 is 0 Å². The molecule has 0 atom stereocenters. The molecule has 0 saturated carbocycles. The molecule has 4 heteroatoms. The third-order valence-corrected chi connectivity index (χ3v) is 8.49. The van der Waals surface area contributed by atoms with Crippen molar-refractivity contribution in [1.82, 2.24) is 15.0 Å². The number of rotatable bonds is 7. The Balaban J connectivity index is 1.15. The zero-order chi connectivity index (χ0) is 32.3. The maximum Gasteiger partial charge on any atom is 0.164 e. The summed E-state index contributed by atoms with van der Waals surface area (Å²) in [5, 5.41) is 2.24. The molecule has 0 saturated heterocycles. The molecule has 2 aromatic heterocycles. The molecule has 4 nitrogen and oxygen atoms in total. The van der Waals surface area contributed by atoms with Gasteiger partial charge in [0.15, 0.2) is 17.5 Å². The maximum atomic E-state index is 6.33. The standard InChI is InChI=1S/C44H31N3O/c1-2-3-6-13-30-20-26-37-38-27-25-35(29-41(38)48-40(37)28-30)31-21-23-32(24-22-31)36-18-11-12-19-39(36)44-46-42(33-14-7-4-8-15-33)45-43(47-44)34-16-9-5-10-17-34/h2-29H,1H3/b3-2-,13-6-. The van der Waals surface area contributed by atoms with Gasteiger partial charge in [-0.25, -0.2) is 15.0 Å². The Hall–Kier alpha value is -6.39. The molecule has 0 N–H and O–H groups in total. The summed E-state index contributed by atoms with van der Waals surface area (Å²) in [6.07, 6.45) is 8.16. The van der Waals surface area contributed by atoms with Crippen molar-refractivity contribution >= 4 is 28.0 Å². The Labute approximate surface area is 279 Å². The van der Waals surface area contributed by atoms with Crippen molar-refractivity contribution < 1.29 is 4.42 Å². The summed E-state index contributed by atoms with van der Waals surface area (Å²) in [5.74, 6) is 1.93. The highest BCUT2D eigenvalue weighted by molar-refractivity contribution is 6.06. The molecule has 0 amide bonds. The Bertz CT molecular complexity index is 2380. The van der Waals surface area contributed by atoms with E-state index in [-0.39, 0.29) is 0 Å². The summed E-state index contributed by atoms with van der Waals surface area (Å²) in [5.41, 5.74) is 10.1. The minimum absolute atomic E-state index is 0.637. The topological polar surface area (TPSA) is 51.8 Å². The average Bonchev–Trinajstić information content (AvgIpc) is 3.53. The molecule has 0 aliphatic rings. The summed E-state index contributed by atoms with van der Waals surface area (Å²) >= 11 is 0. The molecule has 0 unspecified atom stereocenters. The molecule has 0 fully saturated rings. The van der Waals surface area contributed by atoms with Gasteiger partial charge in [0.25, 0.3) is 0 Å². The number of hydrogen-bond donors (Lipinski definition) is 0. The van der Waals surface area contributed by atoms with E-state index in [1.54, 1.807) is 0 Å². The van der Waals surface area contributed by atoms with Gasteiger partial charge in [-0.15, -0.1) is 0 Å². The minimum Gasteiger partial charge on any atom is -0.456 e. The van der Waals surface area contributed by atoms with Gasteiger partial charge in [0, 0.05) is 27.5 Å². The lowest BCUT2D eigenvalue weighted by Crippen LogP contribution is -2.01. The van der Waals surface area contributed by atoms with E-state index < -0.39 is 0 Å². The number of fused-ring (bicyclic) bond motifs is 3. The molecule has 0 bridgehead atoms. The molecule has 6 aromatic carbocycles. The molecule has 8 aromatic rings. The monoisotopic (exact) mass is 617 g/mol. The van der Waals surface area contributed by atoms with E-state index in [1.165, 1.54) is 0 Å². The van der Waals surface area contributed by atoms with Crippen LogP contribution < -0.4 is 0 Å². The van der Waals surface area contributed by atoms with Crippen molar-refractivity contribution in [2.75, 3.05) is 0 Å². The van der Waals surface area contributed by atoms with Crippen LogP contribution in [-0.4, -0.2) is 15.0 Å². The Morgan fingerprint density at radius 2 is 0.979 bits per heavy atom. The first-order valence-electron chi connectivity index (χ1n) is 16.1. The van der Waals surface area contributed by atoms with Crippen LogP contribution in [0.2, 0.25) is 0 Å². The lowest BCUT2D eigenvalue weighted by atomic mass is 9.96. The van der Waals surface area contributed by atoms with E-state index in [2.05, 4.69) is 84.9 Å². The van der Waals surface area contributed by atoms with Crippen LogP contribution in [0.25, 0.3) is 84.4 Å². The van der Waals surface area contributed by atoms with Crippen LogP contribution in [0.3, 0.4) is 0 Å². The first kappa shape index (κ1) is 29.0. The van der Waals surface area contributed by atoms with Crippen molar-refractivity contribution in [3.8, 4) is 56.4 Å². The van der Waals surface area contributed by atoms with Crippen molar-refractivity contribution in [2.24, 2.45) is 0 Å². The van der Waals surface area contributed by atoms with E-state index in [0.29, 0.717) is 17.5 Å². The molecule has 0 radical (unpaired) electrons. The zero-order valence-electron chi connectivity index (χ0n) is 26.4. The Morgan fingerprint density at radius 3 is 1.65 bits per heavy atom. The largest absolute Gasteiger partial charge is 0.456 e. The van der Waals surface area contributed by atoms with Gasteiger partial charge in [-0.05, 0) is 59.0 Å². The van der Waals surface area contributed by atoms with Gasteiger partial charge in [-0.1, -0.05) is 146 Å². The molecular formula is C44H31N3O. The highest BCUT2D eigenvalue weighted by Crippen LogP contribution is 2.36. The molecule has 228 valence electrons. The van der Waals surface area contributed by atoms with Crippen LogP contribution in [0.1, 0.15) is 12.5 Å². The van der Waals surface area contributed by atoms with Crippen molar-refractivity contribution in [2.45, 2.75) is 6.92 Å². The molecular weight excluding hydrogens is 587 g/mol. The summed E-state index contributed by atoms with van der Waals surface area (Å²) < 4.78 is 6.33. The smallest absolute Gasteiger partial charge is 0.164 e. The van der Waals surface area contributed by atoms with E-state index in [4.69, 9.17) is 19.4 Å². The number of nitrogens with zero attached hydrogens (tertiary/aromatic N) is 3. The van der Waals surface area contributed by atoms with Crippen LogP contribution in [0.4, 0.5) is 0 Å². The number of allylic oxidation sites excluding steroid dienone is 3. The van der Waals surface area contributed by atoms with E-state index in [0.717, 1.165) is 66.4 Å². The second-order valence-corrected chi connectivity index (χ2v) is 11.6. The summed E-state index contributed by atoms with van der Waals surface area (Å²) in [6, 6.07) is 49.9. The quantitative estimate of drug-likeness (QED) is 0.167. The second-order valence-electron chi connectivity index (χ2n) is 11.6. The molecule has 8 rings (SSSR count). The van der Waals surface area contributed by atoms with Gasteiger partial charge < -0.3 is 4.42 Å². The SMILES string of the molecule is C/C=C\C=C/c1ccc2c(c1)oc1cc(-c3ccc(-c4ccccc4-c4nc(-c5ccccc5)nc(-c5ccccc5)n4)cc3)ccc12. The molecule has 48 heavy (non-hydrogen) atoms. The number of benzene rings is 6. The van der Waals surface area contributed by atoms with Crippen molar-refractivity contribution in [1.29, 1.82) is 0 Å². The predicted molar refractivity (Wildman–Crippen MR) is 198 cm³/mol. The minimum atomic E-state index is 0.637. The van der Waals surface area contributed by atoms with Gasteiger partial charge in [0.2, 0.25) is 0 Å². The summed E-state index contributed by atoms with van der Waals surface area (Å²) in [4.78, 5) is 14.8. The van der Waals surface area contributed by atoms with E-state index in [1.807, 2.05) is 91.9 Å². The lowest BCUT2D eigenvalue weighted by molar-refractivity contribution is 0.669. The zero-order valence-corrected chi connectivity index (χ0v) is 26.4. The fraction of sp³-hybridized carbons (Fsp3) is 0.0227. The number of furan rings is 1. The molecule has 0 aliphatic heterocycles. The molecule has 0 spiro atoms. The third-order valence-electron chi connectivity index (χ3n) is 8.49. The van der Waals surface area contributed by atoms with Crippen LogP contribution in [0, 0.1) is 0 Å². The summed E-state index contributed by atoms with van der Waals surface area (Å²) in [6.45, 7) is 2.01. The second kappa shape index (κ2) is 12.8. The number of hydrogen-bond acceptors (Lipinski definition) is 4. The van der Waals surface area contributed by atoms with Crippen LogP contribution >= 0.6 is 0 Å². The highest BCUT2D eigenvalue weighted by atomic mass is 16.3. The first-order valence-corrected chi connectivity index (χ1v) is 16.1. The fourth-order valence-electron chi connectivity index (χ4n) is 6.06. The molecule has 0 aliphatic carbocycles. The average molecular weight is 618 g/mol. The van der Waals surface area contributed by atoms with Crippen LogP contribution in [-0.2, 0) is 0 Å². The third kappa shape index (κ3) is 5.72. The normalized spacial score (nSPS) is 11.7. The molecule has 2 heterocycles.